The van der Waals surface area contributed by atoms with Crippen LogP contribution in [-0.2, 0) is 16.1 Å². The molecule has 170 valence electrons. The Hall–Kier alpha value is -3.03. The van der Waals surface area contributed by atoms with Crippen LogP contribution in [0.5, 0.6) is 11.5 Å². The molecule has 0 bridgehead atoms. The average molecular weight is 439 g/mol. The first kappa shape index (κ1) is 22.2. The molecule has 3 aromatic rings. The first-order valence-electron chi connectivity index (χ1n) is 11.1. The number of aromatic nitrogens is 1. The van der Waals surface area contributed by atoms with Crippen LogP contribution in [0.1, 0.15) is 29.9 Å². The minimum absolute atomic E-state index is 0.0126. The van der Waals surface area contributed by atoms with Gasteiger partial charge in [0.15, 0.2) is 0 Å². The quantitative estimate of drug-likeness (QED) is 0.509. The Bertz CT molecular complexity index is 1030. The van der Waals surface area contributed by atoms with Crippen molar-refractivity contribution in [1.82, 2.24) is 9.88 Å². The zero-order chi connectivity index (χ0) is 22.3. The molecule has 0 atom stereocenters. The SMILES string of the molecule is CC(C)Oc1cc(OCc2ccccc2)cc2[nH]c(C(=O)OCCN3CCOCC3)cc12. The van der Waals surface area contributed by atoms with Gasteiger partial charge in [0.2, 0.25) is 0 Å². The van der Waals surface area contributed by atoms with Crippen molar-refractivity contribution in [2.24, 2.45) is 0 Å². The number of hydrogen-bond acceptors (Lipinski definition) is 6. The number of nitrogens with zero attached hydrogens (tertiary/aromatic N) is 1. The van der Waals surface area contributed by atoms with E-state index in [2.05, 4.69) is 9.88 Å². The highest BCUT2D eigenvalue weighted by Gasteiger charge is 2.17. The number of carbonyl (C=O) groups excluding carboxylic acids is 1. The van der Waals surface area contributed by atoms with Gasteiger partial charge in [-0.15, -0.1) is 0 Å². The van der Waals surface area contributed by atoms with E-state index in [1.54, 1.807) is 6.07 Å². The molecule has 1 aliphatic rings. The van der Waals surface area contributed by atoms with Gasteiger partial charge in [0.05, 0.1) is 24.8 Å². The van der Waals surface area contributed by atoms with Crippen LogP contribution in [0.25, 0.3) is 10.9 Å². The number of H-pyrrole nitrogens is 1. The molecule has 0 spiro atoms. The normalized spacial score (nSPS) is 14.6. The molecule has 32 heavy (non-hydrogen) atoms. The summed E-state index contributed by atoms with van der Waals surface area (Å²) in [6.45, 7) is 8.62. The average Bonchev–Trinajstić information content (AvgIpc) is 3.23. The number of esters is 1. The van der Waals surface area contributed by atoms with Crippen LogP contribution in [0.4, 0.5) is 0 Å². The predicted octanol–water partition coefficient (Wildman–Crippen LogP) is 4.02. The Morgan fingerprint density at radius 1 is 1.12 bits per heavy atom. The third kappa shape index (κ3) is 5.81. The molecule has 2 heterocycles. The van der Waals surface area contributed by atoms with Gasteiger partial charge in [-0.2, -0.15) is 0 Å². The monoisotopic (exact) mass is 438 g/mol. The number of fused-ring (bicyclic) bond motifs is 1. The first-order chi connectivity index (χ1) is 15.6. The zero-order valence-electron chi connectivity index (χ0n) is 18.6. The van der Waals surface area contributed by atoms with E-state index in [-0.39, 0.29) is 12.1 Å². The number of rotatable bonds is 9. The summed E-state index contributed by atoms with van der Waals surface area (Å²) in [6, 6.07) is 15.5. The van der Waals surface area contributed by atoms with E-state index < -0.39 is 0 Å². The largest absolute Gasteiger partial charge is 0.490 e. The van der Waals surface area contributed by atoms with E-state index in [1.165, 1.54) is 0 Å². The molecule has 2 aromatic carbocycles. The maximum atomic E-state index is 12.6. The molecule has 0 unspecified atom stereocenters. The molecule has 1 aromatic heterocycles. The number of aromatic amines is 1. The number of carbonyl (C=O) groups is 1. The van der Waals surface area contributed by atoms with Crippen LogP contribution in [0, 0.1) is 0 Å². The smallest absolute Gasteiger partial charge is 0.354 e. The molecule has 0 amide bonds. The number of ether oxygens (including phenoxy) is 4. The summed E-state index contributed by atoms with van der Waals surface area (Å²) < 4.78 is 22.8. The van der Waals surface area contributed by atoms with E-state index in [0.29, 0.717) is 37.0 Å². The van der Waals surface area contributed by atoms with Crippen LogP contribution in [0.2, 0.25) is 0 Å². The van der Waals surface area contributed by atoms with Crippen molar-refractivity contribution in [3.8, 4) is 11.5 Å². The fraction of sp³-hybridized carbons (Fsp3) is 0.400. The van der Waals surface area contributed by atoms with E-state index in [9.17, 15) is 4.79 Å². The van der Waals surface area contributed by atoms with E-state index in [1.807, 2.05) is 56.3 Å². The third-order valence-corrected chi connectivity index (χ3v) is 5.25. The summed E-state index contributed by atoms with van der Waals surface area (Å²) in [6.07, 6.45) is -0.0126. The molecule has 1 saturated heterocycles. The first-order valence-corrected chi connectivity index (χ1v) is 11.1. The van der Waals surface area contributed by atoms with Crippen molar-refractivity contribution in [1.29, 1.82) is 0 Å². The molecule has 0 radical (unpaired) electrons. The second-order valence-corrected chi connectivity index (χ2v) is 8.10. The Kier molecular flexibility index (Phi) is 7.29. The Balaban J connectivity index is 1.47. The van der Waals surface area contributed by atoms with Gasteiger partial charge in [-0.1, -0.05) is 30.3 Å². The van der Waals surface area contributed by atoms with Gasteiger partial charge in [0, 0.05) is 37.2 Å². The van der Waals surface area contributed by atoms with E-state index in [0.717, 1.165) is 42.8 Å². The summed E-state index contributed by atoms with van der Waals surface area (Å²) in [5.41, 5.74) is 2.25. The van der Waals surface area contributed by atoms with Gasteiger partial charge in [0.1, 0.15) is 30.4 Å². The summed E-state index contributed by atoms with van der Waals surface area (Å²) >= 11 is 0. The fourth-order valence-corrected chi connectivity index (χ4v) is 3.63. The van der Waals surface area contributed by atoms with Crippen LogP contribution < -0.4 is 9.47 Å². The molecule has 0 saturated carbocycles. The summed E-state index contributed by atoms with van der Waals surface area (Å²) in [5, 5.41) is 0.825. The van der Waals surface area contributed by atoms with Gasteiger partial charge < -0.3 is 23.9 Å². The van der Waals surface area contributed by atoms with Crippen molar-refractivity contribution >= 4 is 16.9 Å². The Labute approximate surface area is 188 Å². The highest BCUT2D eigenvalue weighted by molar-refractivity contribution is 5.97. The van der Waals surface area contributed by atoms with E-state index >= 15 is 0 Å². The fourth-order valence-electron chi connectivity index (χ4n) is 3.63. The molecule has 7 nitrogen and oxygen atoms in total. The standard InChI is InChI=1S/C25H30N2O5/c1-18(2)32-24-15-20(31-17-19-6-4-3-5-7-19)14-22-21(24)16-23(26-22)25(28)30-13-10-27-8-11-29-12-9-27/h3-7,14-16,18,26H,8-13,17H2,1-2H3. The number of benzene rings is 2. The van der Waals surface area contributed by atoms with Gasteiger partial charge in [-0.05, 0) is 25.5 Å². The summed E-state index contributed by atoms with van der Waals surface area (Å²) in [4.78, 5) is 18.0. The summed E-state index contributed by atoms with van der Waals surface area (Å²) in [5.74, 6) is 0.965. The van der Waals surface area contributed by atoms with Crippen LogP contribution >= 0.6 is 0 Å². The third-order valence-electron chi connectivity index (χ3n) is 5.25. The topological polar surface area (TPSA) is 73.0 Å². The highest BCUT2D eigenvalue weighted by Crippen LogP contribution is 2.33. The van der Waals surface area contributed by atoms with E-state index in [4.69, 9.17) is 18.9 Å². The predicted molar refractivity (Wildman–Crippen MR) is 122 cm³/mol. The maximum absolute atomic E-state index is 12.6. The second-order valence-electron chi connectivity index (χ2n) is 8.10. The minimum atomic E-state index is -0.378. The lowest BCUT2D eigenvalue weighted by atomic mass is 10.2. The molecular formula is C25H30N2O5. The molecule has 7 heteroatoms. The van der Waals surface area contributed by atoms with Crippen molar-refractivity contribution in [3.63, 3.8) is 0 Å². The molecule has 0 aliphatic carbocycles. The molecule has 4 rings (SSSR count). The van der Waals surface area contributed by atoms with Crippen molar-refractivity contribution < 1.29 is 23.7 Å². The molecule has 1 aliphatic heterocycles. The summed E-state index contributed by atoms with van der Waals surface area (Å²) in [7, 11) is 0. The van der Waals surface area contributed by atoms with Crippen molar-refractivity contribution in [2.75, 3.05) is 39.5 Å². The number of nitrogens with one attached hydrogen (secondary N) is 1. The highest BCUT2D eigenvalue weighted by atomic mass is 16.5. The number of hydrogen-bond donors (Lipinski definition) is 1. The maximum Gasteiger partial charge on any atom is 0.354 e. The van der Waals surface area contributed by atoms with Crippen molar-refractivity contribution in [2.45, 2.75) is 26.6 Å². The lowest BCUT2D eigenvalue weighted by Gasteiger charge is -2.26. The van der Waals surface area contributed by atoms with Crippen LogP contribution in [0.3, 0.4) is 0 Å². The zero-order valence-corrected chi connectivity index (χ0v) is 18.6. The van der Waals surface area contributed by atoms with Gasteiger partial charge in [-0.25, -0.2) is 4.79 Å². The van der Waals surface area contributed by atoms with Gasteiger partial charge >= 0.3 is 5.97 Å². The van der Waals surface area contributed by atoms with Crippen LogP contribution in [0.15, 0.2) is 48.5 Å². The van der Waals surface area contributed by atoms with Crippen LogP contribution in [-0.4, -0.2) is 61.4 Å². The lowest BCUT2D eigenvalue weighted by molar-refractivity contribution is 0.0193. The minimum Gasteiger partial charge on any atom is -0.490 e. The van der Waals surface area contributed by atoms with Gasteiger partial charge in [0.25, 0.3) is 0 Å². The Morgan fingerprint density at radius 3 is 2.66 bits per heavy atom. The Morgan fingerprint density at radius 2 is 1.91 bits per heavy atom. The molecule has 1 fully saturated rings. The van der Waals surface area contributed by atoms with Gasteiger partial charge in [-0.3, -0.25) is 4.90 Å². The molecular weight excluding hydrogens is 408 g/mol. The lowest BCUT2D eigenvalue weighted by Crippen LogP contribution is -2.38. The van der Waals surface area contributed by atoms with Crippen molar-refractivity contribution in [3.05, 3.63) is 59.8 Å². The molecule has 1 N–H and O–H groups in total. The number of morpholine rings is 1. The second kappa shape index (κ2) is 10.5.